The first kappa shape index (κ1) is 19.0. The molecule has 142 valence electrons. The maximum atomic E-state index is 12.7. The van der Waals surface area contributed by atoms with Crippen LogP contribution in [-0.2, 0) is 6.54 Å². The van der Waals surface area contributed by atoms with Crippen LogP contribution < -0.4 is 15.4 Å². The van der Waals surface area contributed by atoms with Crippen molar-refractivity contribution in [3.63, 3.8) is 0 Å². The fourth-order valence-electron chi connectivity index (χ4n) is 3.07. The van der Waals surface area contributed by atoms with Gasteiger partial charge in [0.15, 0.2) is 17.1 Å². The van der Waals surface area contributed by atoms with Crippen molar-refractivity contribution in [3.8, 4) is 5.75 Å². The van der Waals surface area contributed by atoms with Gasteiger partial charge in [-0.3, -0.25) is 4.79 Å². The molecular weight excluding hydrogens is 340 g/mol. The zero-order valence-corrected chi connectivity index (χ0v) is 16.0. The monoisotopic (exact) mass is 366 g/mol. The van der Waals surface area contributed by atoms with Gasteiger partial charge in [0.1, 0.15) is 0 Å². The average Bonchev–Trinajstić information content (AvgIpc) is 3.15. The Bertz CT molecular complexity index is 903. The Hall–Kier alpha value is -2.79. The molecular formula is C22H26N2O3. The SMILES string of the molecule is CCCNCc1ccc(OC)c2oc(C(=O)N[C@@H](C)c3ccccc3)cc12. The molecule has 3 rings (SSSR count). The van der Waals surface area contributed by atoms with Crippen LogP contribution >= 0.6 is 0 Å². The molecule has 0 aliphatic carbocycles. The molecule has 1 aromatic heterocycles. The summed E-state index contributed by atoms with van der Waals surface area (Å²) in [5, 5.41) is 7.28. The molecule has 0 saturated carbocycles. The van der Waals surface area contributed by atoms with E-state index in [4.69, 9.17) is 9.15 Å². The summed E-state index contributed by atoms with van der Waals surface area (Å²) in [7, 11) is 1.60. The number of benzene rings is 2. The maximum Gasteiger partial charge on any atom is 0.287 e. The number of carbonyl (C=O) groups is 1. The van der Waals surface area contributed by atoms with Crippen LogP contribution in [0.3, 0.4) is 0 Å². The number of carbonyl (C=O) groups excluding carboxylic acids is 1. The molecule has 5 nitrogen and oxygen atoms in total. The molecule has 0 saturated heterocycles. The molecule has 0 bridgehead atoms. The fraction of sp³-hybridized carbons (Fsp3) is 0.318. The molecule has 0 radical (unpaired) electrons. The normalized spacial score (nSPS) is 12.1. The number of ether oxygens (including phenoxy) is 1. The Kier molecular flexibility index (Phi) is 6.14. The van der Waals surface area contributed by atoms with Gasteiger partial charge in [-0.25, -0.2) is 0 Å². The summed E-state index contributed by atoms with van der Waals surface area (Å²) in [5.41, 5.74) is 2.73. The van der Waals surface area contributed by atoms with E-state index in [9.17, 15) is 4.79 Å². The van der Waals surface area contributed by atoms with E-state index in [0.29, 0.717) is 11.3 Å². The van der Waals surface area contributed by atoms with Gasteiger partial charge in [-0.15, -0.1) is 0 Å². The maximum absolute atomic E-state index is 12.7. The summed E-state index contributed by atoms with van der Waals surface area (Å²) in [6.45, 7) is 5.74. The molecule has 3 aromatic rings. The number of hydrogen-bond acceptors (Lipinski definition) is 4. The van der Waals surface area contributed by atoms with Gasteiger partial charge >= 0.3 is 0 Å². The van der Waals surface area contributed by atoms with Crippen LogP contribution in [0.1, 0.15) is 48.0 Å². The van der Waals surface area contributed by atoms with E-state index in [1.807, 2.05) is 49.4 Å². The van der Waals surface area contributed by atoms with Crippen LogP contribution in [0.5, 0.6) is 5.75 Å². The van der Waals surface area contributed by atoms with Gasteiger partial charge in [-0.05, 0) is 43.1 Å². The van der Waals surface area contributed by atoms with Crippen molar-refractivity contribution >= 4 is 16.9 Å². The Labute approximate surface area is 159 Å². The van der Waals surface area contributed by atoms with Crippen molar-refractivity contribution in [1.29, 1.82) is 0 Å². The lowest BCUT2D eigenvalue weighted by molar-refractivity contribution is 0.0914. The third-order valence-corrected chi connectivity index (χ3v) is 4.57. The second-order valence-electron chi connectivity index (χ2n) is 6.56. The summed E-state index contributed by atoms with van der Waals surface area (Å²) >= 11 is 0. The van der Waals surface area contributed by atoms with Crippen molar-refractivity contribution in [2.75, 3.05) is 13.7 Å². The zero-order chi connectivity index (χ0) is 19.2. The second-order valence-corrected chi connectivity index (χ2v) is 6.56. The van der Waals surface area contributed by atoms with Crippen LogP contribution in [0.4, 0.5) is 0 Å². The predicted octanol–water partition coefficient (Wildman–Crippen LogP) is 4.43. The Morgan fingerprint density at radius 3 is 2.67 bits per heavy atom. The number of nitrogens with one attached hydrogen (secondary N) is 2. The number of amides is 1. The molecule has 27 heavy (non-hydrogen) atoms. The van der Waals surface area contributed by atoms with Gasteiger partial charge in [-0.2, -0.15) is 0 Å². The lowest BCUT2D eigenvalue weighted by Crippen LogP contribution is -2.26. The van der Waals surface area contributed by atoms with E-state index in [1.165, 1.54) is 0 Å². The molecule has 2 N–H and O–H groups in total. The van der Waals surface area contributed by atoms with E-state index < -0.39 is 0 Å². The summed E-state index contributed by atoms with van der Waals surface area (Å²) < 4.78 is 11.3. The third-order valence-electron chi connectivity index (χ3n) is 4.57. The number of furan rings is 1. The molecule has 0 spiro atoms. The first-order chi connectivity index (χ1) is 13.1. The fourth-order valence-corrected chi connectivity index (χ4v) is 3.07. The lowest BCUT2D eigenvalue weighted by Gasteiger charge is -2.12. The van der Waals surface area contributed by atoms with Crippen LogP contribution in [0.2, 0.25) is 0 Å². The van der Waals surface area contributed by atoms with Crippen LogP contribution in [0.25, 0.3) is 11.0 Å². The van der Waals surface area contributed by atoms with Crippen LogP contribution in [0, 0.1) is 0 Å². The second kappa shape index (κ2) is 8.73. The number of rotatable bonds is 8. The van der Waals surface area contributed by atoms with Gasteiger partial charge in [0.25, 0.3) is 5.91 Å². The quantitative estimate of drug-likeness (QED) is 0.579. The summed E-state index contributed by atoms with van der Waals surface area (Å²) in [6.07, 6.45) is 1.07. The molecule has 0 aliphatic heterocycles. The molecule has 0 unspecified atom stereocenters. The average molecular weight is 366 g/mol. The molecule has 5 heteroatoms. The van der Waals surface area contributed by atoms with Gasteiger partial charge in [-0.1, -0.05) is 43.3 Å². The highest BCUT2D eigenvalue weighted by Gasteiger charge is 2.19. The lowest BCUT2D eigenvalue weighted by atomic mass is 10.1. The van der Waals surface area contributed by atoms with Gasteiger partial charge in [0.05, 0.1) is 13.2 Å². The van der Waals surface area contributed by atoms with E-state index in [2.05, 4.69) is 17.6 Å². The highest BCUT2D eigenvalue weighted by molar-refractivity contribution is 5.98. The zero-order valence-electron chi connectivity index (χ0n) is 16.0. The molecule has 1 heterocycles. The van der Waals surface area contributed by atoms with Crippen molar-refractivity contribution in [2.24, 2.45) is 0 Å². The van der Waals surface area contributed by atoms with Gasteiger partial charge in [0.2, 0.25) is 0 Å². The van der Waals surface area contributed by atoms with Crippen molar-refractivity contribution < 1.29 is 13.9 Å². The number of hydrogen-bond donors (Lipinski definition) is 2. The standard InChI is InChI=1S/C22H26N2O3/c1-4-12-23-14-17-10-11-19(26-3)21-18(17)13-20(27-21)22(25)24-15(2)16-8-6-5-7-9-16/h5-11,13,15,23H,4,12,14H2,1-3H3,(H,24,25)/t15-/m0/s1. The summed E-state index contributed by atoms with van der Waals surface area (Å²) in [5.74, 6) is 0.672. The van der Waals surface area contributed by atoms with Crippen molar-refractivity contribution in [1.82, 2.24) is 10.6 Å². The predicted molar refractivity (Wildman–Crippen MR) is 107 cm³/mol. The minimum atomic E-state index is -0.239. The molecule has 1 amide bonds. The van der Waals surface area contributed by atoms with Crippen LogP contribution in [-0.4, -0.2) is 19.6 Å². The first-order valence-electron chi connectivity index (χ1n) is 9.30. The Morgan fingerprint density at radius 1 is 1.19 bits per heavy atom. The number of fused-ring (bicyclic) bond motifs is 1. The van der Waals surface area contributed by atoms with E-state index in [-0.39, 0.29) is 17.7 Å². The topological polar surface area (TPSA) is 63.5 Å². The molecule has 2 aromatic carbocycles. The molecule has 0 aliphatic rings. The Balaban J connectivity index is 1.85. The Morgan fingerprint density at radius 2 is 1.96 bits per heavy atom. The van der Waals surface area contributed by atoms with E-state index >= 15 is 0 Å². The van der Waals surface area contributed by atoms with Crippen molar-refractivity contribution in [3.05, 3.63) is 65.4 Å². The van der Waals surface area contributed by atoms with Crippen LogP contribution in [0.15, 0.2) is 52.9 Å². The van der Waals surface area contributed by atoms with Gasteiger partial charge in [0, 0.05) is 11.9 Å². The third kappa shape index (κ3) is 4.31. The summed E-state index contributed by atoms with van der Waals surface area (Å²) in [6, 6.07) is 15.4. The minimum Gasteiger partial charge on any atom is -0.493 e. The highest BCUT2D eigenvalue weighted by atomic mass is 16.5. The van der Waals surface area contributed by atoms with E-state index in [0.717, 1.165) is 36.0 Å². The van der Waals surface area contributed by atoms with Gasteiger partial charge < -0.3 is 19.8 Å². The first-order valence-corrected chi connectivity index (χ1v) is 9.30. The molecule has 0 fully saturated rings. The number of methoxy groups -OCH3 is 1. The minimum absolute atomic E-state index is 0.112. The van der Waals surface area contributed by atoms with E-state index in [1.54, 1.807) is 13.2 Å². The van der Waals surface area contributed by atoms with Crippen molar-refractivity contribution in [2.45, 2.75) is 32.9 Å². The highest BCUT2D eigenvalue weighted by Crippen LogP contribution is 2.32. The largest absolute Gasteiger partial charge is 0.493 e. The summed E-state index contributed by atoms with van der Waals surface area (Å²) in [4.78, 5) is 12.7. The molecule has 1 atom stereocenters. The smallest absolute Gasteiger partial charge is 0.287 e.